The van der Waals surface area contributed by atoms with Crippen LogP contribution in [-0.2, 0) is 32.7 Å². The molecule has 0 rings (SSSR count). The number of hydrogen-bond acceptors (Lipinski definition) is 7. The van der Waals surface area contributed by atoms with Crippen LogP contribution in [0.2, 0.25) is 0 Å². The van der Waals surface area contributed by atoms with Crippen LogP contribution < -0.4 is 0 Å². The summed E-state index contributed by atoms with van der Waals surface area (Å²) in [5.74, 6) is -0.786. The Balaban J connectivity index is 4.34. The van der Waals surface area contributed by atoms with E-state index in [-0.39, 0.29) is 25.6 Å². The molecule has 0 aliphatic rings. The average molecular weight is 749 g/mol. The molecule has 0 saturated carbocycles. The molecule has 2 atom stereocenters. The summed E-state index contributed by atoms with van der Waals surface area (Å²) in [6.45, 7) is 4.44. The Morgan fingerprint density at radius 1 is 0.529 bits per heavy atom. The van der Waals surface area contributed by atoms with Crippen molar-refractivity contribution in [1.82, 2.24) is 0 Å². The van der Waals surface area contributed by atoms with Gasteiger partial charge in [-0.25, -0.2) is 4.57 Å². The molecule has 0 spiro atoms. The zero-order valence-corrected chi connectivity index (χ0v) is 35.0. The van der Waals surface area contributed by atoms with Crippen LogP contribution in [0.3, 0.4) is 0 Å². The third-order valence-electron chi connectivity index (χ3n) is 9.39. The van der Waals surface area contributed by atoms with Gasteiger partial charge in [0.05, 0.1) is 27.7 Å². The minimum Gasteiger partial charge on any atom is -0.462 e. The molecule has 0 aromatic heterocycles. The van der Waals surface area contributed by atoms with E-state index in [1.165, 1.54) is 135 Å². The molecule has 0 saturated heterocycles. The van der Waals surface area contributed by atoms with E-state index in [9.17, 15) is 19.0 Å². The van der Waals surface area contributed by atoms with Gasteiger partial charge in [-0.1, -0.05) is 174 Å². The van der Waals surface area contributed by atoms with Crippen molar-refractivity contribution in [2.75, 3.05) is 47.5 Å². The van der Waals surface area contributed by atoms with E-state index in [1.54, 1.807) is 0 Å². The maximum Gasteiger partial charge on any atom is 0.472 e. The largest absolute Gasteiger partial charge is 0.472 e. The van der Waals surface area contributed by atoms with Crippen molar-refractivity contribution >= 4 is 19.8 Å². The Labute approximate surface area is 314 Å². The van der Waals surface area contributed by atoms with Crippen LogP contribution in [-0.4, -0.2) is 74.9 Å². The molecule has 0 aromatic carbocycles. The van der Waals surface area contributed by atoms with E-state index in [0.29, 0.717) is 17.4 Å². The minimum absolute atomic E-state index is 0.0367. The number of likely N-dealkylation sites (N-methyl/N-ethyl adjacent to an activating group) is 1. The fourth-order valence-electron chi connectivity index (χ4n) is 6.01. The molecule has 0 aliphatic heterocycles. The highest BCUT2D eigenvalue weighted by Gasteiger charge is 2.27. The monoisotopic (exact) mass is 749 g/mol. The highest BCUT2D eigenvalue weighted by Crippen LogP contribution is 2.43. The van der Waals surface area contributed by atoms with Crippen LogP contribution in [0.15, 0.2) is 0 Å². The Morgan fingerprint density at radius 3 is 1.25 bits per heavy atom. The number of phosphoric ester groups is 1. The molecule has 9 nitrogen and oxygen atoms in total. The molecule has 0 fully saturated rings. The fraction of sp³-hybridized carbons (Fsp3) is 0.951. The third-order valence-corrected chi connectivity index (χ3v) is 10.4. The van der Waals surface area contributed by atoms with Gasteiger partial charge in [-0.3, -0.25) is 18.6 Å². The highest BCUT2D eigenvalue weighted by molar-refractivity contribution is 7.47. The number of unbranched alkanes of at least 4 members (excludes halogenated alkanes) is 25. The van der Waals surface area contributed by atoms with Gasteiger partial charge < -0.3 is 18.9 Å². The Hall–Kier alpha value is -0.990. The van der Waals surface area contributed by atoms with Gasteiger partial charge >= 0.3 is 19.8 Å². The first kappa shape index (κ1) is 50.0. The highest BCUT2D eigenvalue weighted by atomic mass is 31.2. The van der Waals surface area contributed by atoms with Crippen molar-refractivity contribution in [3.8, 4) is 0 Å². The van der Waals surface area contributed by atoms with Gasteiger partial charge in [0.25, 0.3) is 0 Å². The standard InChI is InChI=1S/C41H82NO8P/c1-6-8-10-12-14-16-18-20-22-23-25-27-29-31-33-40(43)47-37-39(38-49-51(45,46)48-36-35-42(3,4)5)50-41(44)34-32-30-28-26-24-21-19-17-15-13-11-9-7-2/h39H,6-38H2,1-5H3/p+1/t39-/m1/s1. The lowest BCUT2D eigenvalue weighted by atomic mass is 10.0. The lowest BCUT2D eigenvalue weighted by Crippen LogP contribution is -2.37. The quantitative estimate of drug-likeness (QED) is 0.0286. The molecule has 0 aromatic rings. The van der Waals surface area contributed by atoms with E-state index in [4.69, 9.17) is 18.5 Å². The predicted molar refractivity (Wildman–Crippen MR) is 211 cm³/mol. The van der Waals surface area contributed by atoms with Gasteiger partial charge in [-0.2, -0.15) is 0 Å². The first-order valence-electron chi connectivity index (χ1n) is 21.3. The van der Waals surface area contributed by atoms with Crippen LogP contribution in [0.4, 0.5) is 0 Å². The number of rotatable bonds is 39. The normalized spacial score (nSPS) is 13.6. The number of esters is 2. The van der Waals surface area contributed by atoms with E-state index in [1.807, 2.05) is 21.1 Å². The summed E-state index contributed by atoms with van der Waals surface area (Å²) in [6, 6.07) is 0. The van der Waals surface area contributed by atoms with Crippen molar-refractivity contribution in [2.45, 2.75) is 206 Å². The van der Waals surface area contributed by atoms with Gasteiger partial charge in [0.2, 0.25) is 0 Å². The molecule has 0 amide bonds. The van der Waals surface area contributed by atoms with E-state index < -0.39 is 26.5 Å². The number of nitrogens with zero attached hydrogens (tertiary/aromatic N) is 1. The van der Waals surface area contributed by atoms with E-state index in [2.05, 4.69) is 13.8 Å². The van der Waals surface area contributed by atoms with Crippen molar-refractivity contribution in [2.24, 2.45) is 0 Å². The lowest BCUT2D eigenvalue weighted by Gasteiger charge is -2.24. The first-order valence-corrected chi connectivity index (χ1v) is 22.8. The summed E-state index contributed by atoms with van der Waals surface area (Å²) in [4.78, 5) is 35.3. The van der Waals surface area contributed by atoms with Crippen LogP contribution in [0.25, 0.3) is 0 Å². The second kappa shape index (κ2) is 34.8. The van der Waals surface area contributed by atoms with Crippen LogP contribution in [0, 0.1) is 0 Å². The topological polar surface area (TPSA) is 108 Å². The van der Waals surface area contributed by atoms with Crippen LogP contribution in [0.5, 0.6) is 0 Å². The number of carbonyl (C=O) groups excluding carboxylic acids is 2. The second-order valence-corrected chi connectivity index (χ2v) is 17.2. The number of hydrogen-bond donors (Lipinski definition) is 1. The fourth-order valence-corrected chi connectivity index (χ4v) is 6.76. The van der Waals surface area contributed by atoms with Gasteiger partial charge in [0, 0.05) is 12.8 Å². The zero-order chi connectivity index (χ0) is 37.9. The Kier molecular flexibility index (Phi) is 34.1. The SMILES string of the molecule is CCCCCCCCCCCCCCCCC(=O)OC[C@H](COP(=O)(O)OCC[N+](C)(C)C)OC(=O)CCCCCCCCCCCCCCC. The van der Waals surface area contributed by atoms with Gasteiger partial charge in [0.15, 0.2) is 6.10 Å². The molecule has 0 aliphatic carbocycles. The molecule has 10 heteroatoms. The first-order chi connectivity index (χ1) is 24.5. The molecule has 0 radical (unpaired) electrons. The summed E-state index contributed by atoms with van der Waals surface area (Å²) in [6.07, 6.45) is 32.8. The number of ether oxygens (including phenoxy) is 2. The second-order valence-electron chi connectivity index (χ2n) is 15.7. The summed E-state index contributed by atoms with van der Waals surface area (Å²) in [7, 11) is 1.49. The molecule has 1 unspecified atom stereocenters. The van der Waals surface area contributed by atoms with Crippen LogP contribution in [0.1, 0.15) is 200 Å². The predicted octanol–water partition coefficient (Wildman–Crippen LogP) is 11.6. The molecule has 0 heterocycles. The lowest BCUT2D eigenvalue weighted by molar-refractivity contribution is -0.870. The van der Waals surface area contributed by atoms with Crippen molar-refractivity contribution in [3.05, 3.63) is 0 Å². The number of carbonyl (C=O) groups is 2. The van der Waals surface area contributed by atoms with E-state index >= 15 is 0 Å². The summed E-state index contributed by atoms with van der Waals surface area (Å²) in [5, 5.41) is 0. The van der Waals surface area contributed by atoms with Crippen molar-refractivity contribution in [1.29, 1.82) is 0 Å². The van der Waals surface area contributed by atoms with Crippen molar-refractivity contribution in [3.63, 3.8) is 0 Å². The average Bonchev–Trinajstić information content (AvgIpc) is 3.07. The molecule has 51 heavy (non-hydrogen) atoms. The minimum atomic E-state index is -4.36. The third kappa shape index (κ3) is 38.5. The molecular weight excluding hydrogens is 665 g/mol. The van der Waals surface area contributed by atoms with Gasteiger partial charge in [-0.15, -0.1) is 0 Å². The molecule has 0 bridgehead atoms. The maximum absolute atomic E-state index is 12.6. The summed E-state index contributed by atoms with van der Waals surface area (Å²) < 4.78 is 34.3. The van der Waals surface area contributed by atoms with Gasteiger partial charge in [0.1, 0.15) is 19.8 Å². The molecule has 304 valence electrons. The number of quaternary nitrogens is 1. The Morgan fingerprint density at radius 2 is 0.882 bits per heavy atom. The maximum atomic E-state index is 12.6. The van der Waals surface area contributed by atoms with Gasteiger partial charge in [-0.05, 0) is 12.8 Å². The Bertz CT molecular complexity index is 850. The van der Waals surface area contributed by atoms with Crippen molar-refractivity contribution < 1.29 is 42.1 Å². The number of phosphoric acid groups is 1. The molecular formula is C41H83NO8P+. The smallest absolute Gasteiger partial charge is 0.462 e. The summed E-state index contributed by atoms with van der Waals surface area (Å²) in [5.41, 5.74) is 0. The van der Waals surface area contributed by atoms with E-state index in [0.717, 1.165) is 38.5 Å². The molecule has 1 N–H and O–H groups in total. The summed E-state index contributed by atoms with van der Waals surface area (Å²) >= 11 is 0. The zero-order valence-electron chi connectivity index (χ0n) is 34.1. The van der Waals surface area contributed by atoms with Crippen LogP contribution >= 0.6 is 7.82 Å².